The summed E-state index contributed by atoms with van der Waals surface area (Å²) in [5, 5.41) is 2.71. The zero-order valence-electron chi connectivity index (χ0n) is 9.71. The van der Waals surface area contributed by atoms with E-state index in [9.17, 15) is 9.18 Å². The van der Waals surface area contributed by atoms with Gasteiger partial charge in [-0.25, -0.2) is 4.39 Å². The van der Waals surface area contributed by atoms with Crippen LogP contribution in [0.1, 0.15) is 19.4 Å². The molecule has 0 saturated heterocycles. The van der Waals surface area contributed by atoms with Gasteiger partial charge in [0.1, 0.15) is 11.6 Å². The van der Waals surface area contributed by atoms with Crippen molar-refractivity contribution >= 4 is 5.91 Å². The maximum atomic E-state index is 13.5. The third-order valence-electron chi connectivity index (χ3n) is 2.08. The van der Waals surface area contributed by atoms with Gasteiger partial charge in [-0.15, -0.1) is 0 Å². The van der Waals surface area contributed by atoms with Crippen LogP contribution in [0.3, 0.4) is 0 Å². The van der Waals surface area contributed by atoms with E-state index >= 15 is 0 Å². The van der Waals surface area contributed by atoms with Gasteiger partial charge in [0.25, 0.3) is 0 Å². The van der Waals surface area contributed by atoms with Crippen LogP contribution in [-0.2, 0) is 11.2 Å². The zero-order valence-corrected chi connectivity index (χ0v) is 9.71. The summed E-state index contributed by atoms with van der Waals surface area (Å²) in [6.45, 7) is 3.72. The summed E-state index contributed by atoms with van der Waals surface area (Å²) in [4.78, 5) is 11.5. The summed E-state index contributed by atoms with van der Waals surface area (Å²) in [5.41, 5.74) is 0.295. The van der Waals surface area contributed by atoms with Crippen molar-refractivity contribution in [3.8, 4) is 5.75 Å². The second-order valence-corrected chi connectivity index (χ2v) is 3.82. The molecular formula is C12H16FNO2. The number of carbonyl (C=O) groups is 1. The first-order chi connectivity index (χ1) is 7.54. The smallest absolute Gasteiger partial charge is 0.224 e. The number of carbonyl (C=O) groups excluding carboxylic acids is 1. The van der Waals surface area contributed by atoms with E-state index in [0.717, 1.165) is 0 Å². The summed E-state index contributed by atoms with van der Waals surface area (Å²) in [6, 6.07) is 4.56. The Kier molecular flexibility index (Phi) is 4.28. The number of amides is 1. The Morgan fingerprint density at radius 2 is 2.19 bits per heavy atom. The van der Waals surface area contributed by atoms with Crippen molar-refractivity contribution < 1.29 is 13.9 Å². The van der Waals surface area contributed by atoms with Crippen LogP contribution < -0.4 is 10.1 Å². The molecule has 1 aromatic rings. The largest absolute Gasteiger partial charge is 0.496 e. The first-order valence-electron chi connectivity index (χ1n) is 5.15. The molecule has 16 heavy (non-hydrogen) atoms. The lowest BCUT2D eigenvalue weighted by Crippen LogP contribution is -2.31. The van der Waals surface area contributed by atoms with Crippen LogP contribution >= 0.6 is 0 Å². The molecule has 88 valence electrons. The Hall–Kier alpha value is -1.58. The molecule has 0 aliphatic rings. The van der Waals surface area contributed by atoms with Crippen LogP contribution in [-0.4, -0.2) is 19.1 Å². The summed E-state index contributed by atoms with van der Waals surface area (Å²) in [6.07, 6.45) is -0.00593. The summed E-state index contributed by atoms with van der Waals surface area (Å²) in [7, 11) is 1.46. The number of hydrogen-bond donors (Lipinski definition) is 1. The van der Waals surface area contributed by atoms with Crippen LogP contribution in [0.25, 0.3) is 0 Å². The predicted octanol–water partition coefficient (Wildman–Crippen LogP) is 1.90. The summed E-state index contributed by atoms with van der Waals surface area (Å²) in [5.74, 6) is -0.226. The Labute approximate surface area is 94.6 Å². The van der Waals surface area contributed by atoms with E-state index in [4.69, 9.17) is 4.74 Å². The van der Waals surface area contributed by atoms with Gasteiger partial charge in [0.2, 0.25) is 5.91 Å². The van der Waals surface area contributed by atoms with Gasteiger partial charge in [-0.05, 0) is 26.0 Å². The first-order valence-corrected chi connectivity index (χ1v) is 5.15. The lowest BCUT2D eigenvalue weighted by molar-refractivity contribution is -0.121. The topological polar surface area (TPSA) is 38.3 Å². The van der Waals surface area contributed by atoms with Gasteiger partial charge in [0, 0.05) is 11.6 Å². The van der Waals surface area contributed by atoms with Crippen LogP contribution in [0, 0.1) is 5.82 Å². The van der Waals surface area contributed by atoms with Crippen LogP contribution in [0.4, 0.5) is 4.39 Å². The molecule has 0 spiro atoms. The third-order valence-corrected chi connectivity index (χ3v) is 2.08. The van der Waals surface area contributed by atoms with Gasteiger partial charge in [0.15, 0.2) is 0 Å². The normalized spacial score (nSPS) is 10.3. The quantitative estimate of drug-likeness (QED) is 0.850. The molecule has 0 radical (unpaired) electrons. The molecule has 0 bridgehead atoms. The predicted molar refractivity (Wildman–Crippen MR) is 59.9 cm³/mol. The molecule has 1 amide bonds. The Morgan fingerprint density at radius 3 is 2.75 bits per heavy atom. The molecule has 1 aromatic carbocycles. The second kappa shape index (κ2) is 5.49. The van der Waals surface area contributed by atoms with Crippen molar-refractivity contribution in [3.05, 3.63) is 29.6 Å². The SMILES string of the molecule is COc1cccc(F)c1CC(=O)NC(C)C. The average Bonchev–Trinajstić information content (AvgIpc) is 2.20. The van der Waals surface area contributed by atoms with E-state index in [1.165, 1.54) is 13.2 Å². The van der Waals surface area contributed by atoms with Crippen molar-refractivity contribution in [3.63, 3.8) is 0 Å². The van der Waals surface area contributed by atoms with Gasteiger partial charge in [0.05, 0.1) is 13.5 Å². The Bertz CT molecular complexity index is 377. The third kappa shape index (κ3) is 3.22. The van der Waals surface area contributed by atoms with Crippen molar-refractivity contribution in [2.75, 3.05) is 7.11 Å². The first kappa shape index (κ1) is 12.5. The second-order valence-electron chi connectivity index (χ2n) is 3.82. The average molecular weight is 225 g/mol. The fraction of sp³-hybridized carbons (Fsp3) is 0.417. The number of hydrogen-bond acceptors (Lipinski definition) is 2. The van der Waals surface area contributed by atoms with Crippen molar-refractivity contribution in [1.29, 1.82) is 0 Å². The van der Waals surface area contributed by atoms with E-state index < -0.39 is 5.82 Å². The van der Waals surface area contributed by atoms with E-state index in [1.54, 1.807) is 12.1 Å². The molecule has 0 saturated carbocycles. The molecule has 4 heteroatoms. The molecule has 1 N–H and O–H groups in total. The van der Waals surface area contributed by atoms with Gasteiger partial charge in [-0.3, -0.25) is 4.79 Å². The number of rotatable bonds is 4. The van der Waals surface area contributed by atoms with Gasteiger partial charge >= 0.3 is 0 Å². The maximum absolute atomic E-state index is 13.5. The maximum Gasteiger partial charge on any atom is 0.224 e. The molecule has 0 aromatic heterocycles. The summed E-state index contributed by atoms with van der Waals surface area (Å²) < 4.78 is 18.5. The molecule has 1 rings (SSSR count). The number of ether oxygens (including phenoxy) is 1. The van der Waals surface area contributed by atoms with E-state index in [2.05, 4.69) is 5.32 Å². The Morgan fingerprint density at radius 1 is 1.50 bits per heavy atom. The molecular weight excluding hydrogens is 209 g/mol. The lowest BCUT2D eigenvalue weighted by atomic mass is 10.1. The molecule has 0 aliphatic heterocycles. The number of nitrogens with one attached hydrogen (secondary N) is 1. The lowest BCUT2D eigenvalue weighted by Gasteiger charge is -2.11. The molecule has 0 aliphatic carbocycles. The highest BCUT2D eigenvalue weighted by atomic mass is 19.1. The van der Waals surface area contributed by atoms with Crippen LogP contribution in [0.5, 0.6) is 5.75 Å². The highest BCUT2D eigenvalue weighted by molar-refractivity contribution is 5.79. The van der Waals surface area contributed by atoms with E-state index in [1.807, 2.05) is 13.8 Å². The number of benzene rings is 1. The van der Waals surface area contributed by atoms with Crippen LogP contribution in [0.15, 0.2) is 18.2 Å². The number of methoxy groups -OCH3 is 1. The highest BCUT2D eigenvalue weighted by Crippen LogP contribution is 2.21. The molecule has 0 atom stereocenters. The zero-order chi connectivity index (χ0) is 12.1. The van der Waals surface area contributed by atoms with E-state index in [-0.39, 0.29) is 18.4 Å². The van der Waals surface area contributed by atoms with E-state index in [0.29, 0.717) is 11.3 Å². The fourth-order valence-corrected chi connectivity index (χ4v) is 1.44. The number of halogens is 1. The highest BCUT2D eigenvalue weighted by Gasteiger charge is 2.13. The fourth-order valence-electron chi connectivity index (χ4n) is 1.44. The van der Waals surface area contributed by atoms with Crippen molar-refractivity contribution in [1.82, 2.24) is 5.32 Å². The van der Waals surface area contributed by atoms with Gasteiger partial charge < -0.3 is 10.1 Å². The van der Waals surface area contributed by atoms with Crippen molar-refractivity contribution in [2.24, 2.45) is 0 Å². The minimum Gasteiger partial charge on any atom is -0.496 e. The molecule has 0 unspecified atom stereocenters. The monoisotopic (exact) mass is 225 g/mol. The standard InChI is InChI=1S/C12H16FNO2/c1-8(2)14-12(15)7-9-10(13)5-4-6-11(9)16-3/h4-6,8H,7H2,1-3H3,(H,14,15). The van der Waals surface area contributed by atoms with Gasteiger partial charge in [-0.1, -0.05) is 6.07 Å². The van der Waals surface area contributed by atoms with Crippen LogP contribution in [0.2, 0.25) is 0 Å². The Balaban J connectivity index is 2.83. The summed E-state index contributed by atoms with van der Waals surface area (Å²) >= 11 is 0. The van der Waals surface area contributed by atoms with Gasteiger partial charge in [-0.2, -0.15) is 0 Å². The molecule has 3 nitrogen and oxygen atoms in total. The molecule has 0 fully saturated rings. The molecule has 0 heterocycles. The minimum atomic E-state index is -0.418. The minimum absolute atomic E-state index is 0.00593. The van der Waals surface area contributed by atoms with Crippen molar-refractivity contribution in [2.45, 2.75) is 26.3 Å².